The molecule has 0 radical (unpaired) electrons. The van der Waals surface area contributed by atoms with Gasteiger partial charge in [-0.3, -0.25) is 4.79 Å². The van der Waals surface area contributed by atoms with E-state index >= 15 is 0 Å². The molecule has 0 bridgehead atoms. The van der Waals surface area contributed by atoms with Crippen molar-refractivity contribution in [1.29, 1.82) is 0 Å². The van der Waals surface area contributed by atoms with Crippen molar-refractivity contribution in [2.75, 3.05) is 5.32 Å². The van der Waals surface area contributed by atoms with Gasteiger partial charge in [-0.15, -0.1) is 10.2 Å². The Morgan fingerprint density at radius 2 is 1.81 bits per heavy atom. The highest BCUT2D eigenvalue weighted by Gasteiger charge is 2.20. The number of anilines is 1. The summed E-state index contributed by atoms with van der Waals surface area (Å²) in [6.07, 6.45) is 2.47. The second kappa shape index (κ2) is 8.06. The van der Waals surface area contributed by atoms with Gasteiger partial charge in [0.25, 0.3) is 0 Å². The highest BCUT2D eigenvalue weighted by molar-refractivity contribution is 5.92. The number of carbonyl (C=O) groups is 2. The zero-order valence-electron chi connectivity index (χ0n) is 17.6. The van der Waals surface area contributed by atoms with E-state index in [0.29, 0.717) is 0 Å². The Labute approximate surface area is 179 Å². The number of hydrogen-bond acceptors (Lipinski definition) is 5. The van der Waals surface area contributed by atoms with Gasteiger partial charge in [0.05, 0.1) is 6.20 Å². The molecule has 4 aromatic rings. The average Bonchev–Trinajstić information content (AvgIpc) is 3.34. The first-order valence-corrected chi connectivity index (χ1v) is 9.88. The number of carbonyl (C=O) groups excluding carboxylic acids is 2. The Morgan fingerprint density at radius 3 is 2.55 bits per heavy atom. The van der Waals surface area contributed by atoms with Crippen LogP contribution in [0.2, 0.25) is 0 Å². The molecule has 2 heterocycles. The first-order valence-electron chi connectivity index (χ1n) is 9.88. The summed E-state index contributed by atoms with van der Waals surface area (Å²) < 4.78 is 7.06. The Morgan fingerprint density at radius 1 is 1.03 bits per heavy atom. The number of rotatable bonds is 4. The van der Waals surface area contributed by atoms with Gasteiger partial charge in [-0.1, -0.05) is 41.2 Å². The summed E-state index contributed by atoms with van der Waals surface area (Å²) in [4.78, 5) is 25.3. The molecule has 1 amide bonds. The summed E-state index contributed by atoms with van der Waals surface area (Å²) in [6.45, 7) is 5.36. The SMILES string of the molecule is CC(C)(C)OC(=O)n1ncc(NC(=O)Cn2ccc3cc(-c4ccccc4)ccc32)n1. The molecule has 0 aliphatic rings. The zero-order chi connectivity index (χ0) is 22.0. The predicted molar refractivity (Wildman–Crippen MR) is 118 cm³/mol. The lowest BCUT2D eigenvalue weighted by atomic mass is 10.0. The molecule has 4 rings (SSSR count). The van der Waals surface area contributed by atoms with Gasteiger partial charge < -0.3 is 14.6 Å². The fraction of sp³-hybridized carbons (Fsp3) is 0.217. The van der Waals surface area contributed by atoms with Crippen LogP contribution in [0.1, 0.15) is 20.8 Å². The summed E-state index contributed by atoms with van der Waals surface area (Å²) in [5.74, 6) is -0.0976. The maximum Gasteiger partial charge on any atom is 0.452 e. The lowest BCUT2D eigenvalue weighted by molar-refractivity contribution is -0.116. The quantitative estimate of drug-likeness (QED) is 0.534. The predicted octanol–water partition coefficient (Wildman–Crippen LogP) is 4.32. The molecule has 0 saturated carbocycles. The number of nitrogens with zero attached hydrogens (tertiary/aromatic N) is 4. The molecular formula is C23H23N5O3. The van der Waals surface area contributed by atoms with E-state index in [1.54, 1.807) is 20.8 Å². The number of amides is 1. The Kier molecular flexibility index (Phi) is 5.29. The third kappa shape index (κ3) is 4.80. The summed E-state index contributed by atoms with van der Waals surface area (Å²) in [5.41, 5.74) is 2.55. The number of hydrogen-bond donors (Lipinski definition) is 1. The van der Waals surface area contributed by atoms with E-state index in [2.05, 4.69) is 33.7 Å². The van der Waals surface area contributed by atoms with Crippen molar-refractivity contribution in [2.24, 2.45) is 0 Å². The van der Waals surface area contributed by atoms with Crippen LogP contribution in [-0.2, 0) is 16.1 Å². The lowest BCUT2D eigenvalue weighted by Crippen LogP contribution is -2.28. The first-order chi connectivity index (χ1) is 14.8. The molecule has 2 aromatic carbocycles. The number of ether oxygens (including phenoxy) is 1. The summed E-state index contributed by atoms with van der Waals surface area (Å²) in [6, 6.07) is 18.3. The number of benzene rings is 2. The van der Waals surface area contributed by atoms with Crippen molar-refractivity contribution >= 4 is 28.7 Å². The lowest BCUT2D eigenvalue weighted by Gasteiger charge is -2.18. The first kappa shape index (κ1) is 20.3. The Hall–Kier alpha value is -3.94. The van der Waals surface area contributed by atoms with E-state index in [1.165, 1.54) is 6.20 Å². The minimum Gasteiger partial charge on any atom is -0.441 e. The van der Waals surface area contributed by atoms with Crippen LogP contribution in [0.3, 0.4) is 0 Å². The molecule has 0 fully saturated rings. The van der Waals surface area contributed by atoms with Gasteiger partial charge in [-0.25, -0.2) is 4.79 Å². The topological polar surface area (TPSA) is 91.0 Å². The van der Waals surface area contributed by atoms with Gasteiger partial charge in [0.1, 0.15) is 12.1 Å². The van der Waals surface area contributed by atoms with E-state index in [0.717, 1.165) is 26.8 Å². The van der Waals surface area contributed by atoms with Gasteiger partial charge in [0, 0.05) is 17.1 Å². The van der Waals surface area contributed by atoms with Crippen LogP contribution in [0.5, 0.6) is 0 Å². The Balaban J connectivity index is 1.44. The standard InChI is InChI=1S/C23H23N5O3/c1-23(2,3)31-22(30)28-24-14-20(26-28)25-21(29)15-27-12-11-18-13-17(9-10-19(18)27)16-7-5-4-6-8-16/h4-14H,15H2,1-3H3,(H,25,26,29). The van der Waals surface area contributed by atoms with Crippen LogP contribution in [0, 0.1) is 0 Å². The average molecular weight is 417 g/mol. The van der Waals surface area contributed by atoms with Crippen molar-refractivity contribution in [3.05, 3.63) is 67.0 Å². The molecule has 8 nitrogen and oxygen atoms in total. The second-order valence-electron chi connectivity index (χ2n) is 8.13. The number of nitrogens with one attached hydrogen (secondary N) is 1. The van der Waals surface area contributed by atoms with Crippen LogP contribution in [-0.4, -0.2) is 37.2 Å². The second-order valence-corrected chi connectivity index (χ2v) is 8.13. The molecule has 0 saturated heterocycles. The molecule has 0 aliphatic heterocycles. The monoisotopic (exact) mass is 417 g/mol. The van der Waals surface area contributed by atoms with Gasteiger partial charge in [-0.2, -0.15) is 0 Å². The van der Waals surface area contributed by atoms with Crippen LogP contribution < -0.4 is 5.32 Å². The van der Waals surface area contributed by atoms with Gasteiger partial charge >= 0.3 is 6.09 Å². The fourth-order valence-corrected chi connectivity index (χ4v) is 3.20. The smallest absolute Gasteiger partial charge is 0.441 e. The van der Waals surface area contributed by atoms with Crippen molar-refractivity contribution in [2.45, 2.75) is 32.9 Å². The minimum absolute atomic E-state index is 0.105. The molecule has 0 unspecified atom stereocenters. The Bertz CT molecular complexity index is 1240. The molecule has 0 spiro atoms. The third-order valence-corrected chi connectivity index (χ3v) is 4.51. The summed E-state index contributed by atoms with van der Waals surface area (Å²) in [5, 5.41) is 11.5. The highest BCUT2D eigenvalue weighted by atomic mass is 16.6. The van der Waals surface area contributed by atoms with E-state index < -0.39 is 11.7 Å². The number of fused-ring (bicyclic) bond motifs is 1. The van der Waals surface area contributed by atoms with Gasteiger partial charge in [0.15, 0.2) is 5.82 Å². The van der Waals surface area contributed by atoms with Crippen LogP contribution in [0.25, 0.3) is 22.0 Å². The minimum atomic E-state index is -0.710. The van der Waals surface area contributed by atoms with E-state index in [1.807, 2.05) is 47.2 Å². The third-order valence-electron chi connectivity index (χ3n) is 4.51. The van der Waals surface area contributed by atoms with Crippen molar-refractivity contribution in [3.63, 3.8) is 0 Å². The van der Waals surface area contributed by atoms with Crippen molar-refractivity contribution in [1.82, 2.24) is 19.6 Å². The summed E-state index contributed by atoms with van der Waals surface area (Å²) >= 11 is 0. The molecule has 158 valence electrons. The van der Waals surface area contributed by atoms with Gasteiger partial charge in [0.2, 0.25) is 5.91 Å². The maximum absolute atomic E-state index is 12.5. The molecule has 1 N–H and O–H groups in total. The normalized spacial score (nSPS) is 11.5. The highest BCUT2D eigenvalue weighted by Crippen LogP contribution is 2.25. The molecule has 8 heteroatoms. The molecule has 0 aliphatic carbocycles. The van der Waals surface area contributed by atoms with E-state index in [4.69, 9.17) is 4.74 Å². The summed E-state index contributed by atoms with van der Waals surface area (Å²) in [7, 11) is 0. The largest absolute Gasteiger partial charge is 0.452 e. The van der Waals surface area contributed by atoms with Crippen LogP contribution in [0.15, 0.2) is 67.0 Å². The van der Waals surface area contributed by atoms with Crippen molar-refractivity contribution in [3.8, 4) is 11.1 Å². The van der Waals surface area contributed by atoms with E-state index in [9.17, 15) is 9.59 Å². The molecule has 31 heavy (non-hydrogen) atoms. The van der Waals surface area contributed by atoms with E-state index in [-0.39, 0.29) is 18.3 Å². The fourth-order valence-electron chi connectivity index (χ4n) is 3.20. The number of aromatic nitrogens is 4. The maximum atomic E-state index is 12.5. The van der Waals surface area contributed by atoms with Crippen LogP contribution >= 0.6 is 0 Å². The molecule has 0 atom stereocenters. The zero-order valence-corrected chi connectivity index (χ0v) is 17.6. The molecule has 2 aromatic heterocycles. The van der Waals surface area contributed by atoms with Gasteiger partial charge in [-0.05, 0) is 50.1 Å². The van der Waals surface area contributed by atoms with Crippen molar-refractivity contribution < 1.29 is 14.3 Å². The van der Waals surface area contributed by atoms with Crippen LogP contribution in [0.4, 0.5) is 10.6 Å². The molecular weight excluding hydrogens is 394 g/mol.